The highest BCUT2D eigenvalue weighted by Gasteiger charge is 2.57. The molecule has 13 heteroatoms. The molecular weight excluding hydrogens is 453 g/mol. The quantitative estimate of drug-likeness (QED) is 0.468. The zero-order valence-electron chi connectivity index (χ0n) is 18.2. The van der Waals surface area contributed by atoms with Crippen LogP contribution in [0.3, 0.4) is 0 Å². The molecular formula is C21H20B2F3N3O5. The molecule has 0 aromatic carbocycles. The number of carbonyl (C=O) groups excluding carboxylic acids is 1. The summed E-state index contributed by atoms with van der Waals surface area (Å²) in [6.07, 6.45) is -3.42. The van der Waals surface area contributed by atoms with Crippen LogP contribution in [-0.4, -0.2) is 80.8 Å². The summed E-state index contributed by atoms with van der Waals surface area (Å²) in [6, 6.07) is 8.29. The lowest BCUT2D eigenvalue weighted by Crippen LogP contribution is -2.54. The zero-order valence-corrected chi connectivity index (χ0v) is 18.2. The van der Waals surface area contributed by atoms with Crippen LogP contribution in [0.25, 0.3) is 0 Å². The van der Waals surface area contributed by atoms with Gasteiger partial charge in [-0.15, -0.1) is 13.2 Å². The number of hydrogen-bond donors (Lipinski definition) is 0. The Morgan fingerprint density at radius 2 is 2.06 bits per heavy atom. The van der Waals surface area contributed by atoms with Gasteiger partial charge < -0.3 is 19.1 Å². The Morgan fingerprint density at radius 1 is 1.26 bits per heavy atom. The number of hydrogen-bond acceptors (Lipinski definition) is 7. The Balaban J connectivity index is 1.44. The first kappa shape index (κ1) is 24.5. The van der Waals surface area contributed by atoms with Gasteiger partial charge in [0.05, 0.1) is 30.1 Å². The Bertz CT molecular complexity index is 1040. The van der Waals surface area contributed by atoms with Gasteiger partial charge in [0, 0.05) is 19.2 Å². The summed E-state index contributed by atoms with van der Waals surface area (Å²) in [4.78, 5) is 23.3. The number of carbonyl (C=O) groups is 1. The van der Waals surface area contributed by atoms with E-state index in [4.69, 9.17) is 29.9 Å². The molecule has 0 bridgehead atoms. The van der Waals surface area contributed by atoms with E-state index < -0.39 is 30.3 Å². The molecule has 2 fully saturated rings. The Hall–Kier alpha value is -2.63. The van der Waals surface area contributed by atoms with Gasteiger partial charge in [-0.2, -0.15) is 0 Å². The second kappa shape index (κ2) is 9.20. The normalized spacial score (nSPS) is 24.0. The van der Waals surface area contributed by atoms with Gasteiger partial charge >= 0.3 is 6.36 Å². The zero-order chi connectivity index (χ0) is 24.6. The molecule has 34 heavy (non-hydrogen) atoms. The monoisotopic (exact) mass is 473 g/mol. The molecule has 0 spiro atoms. The van der Waals surface area contributed by atoms with Crippen LogP contribution in [0.5, 0.6) is 5.75 Å². The Kier molecular flexibility index (Phi) is 6.63. The number of piperidine rings is 1. The van der Waals surface area contributed by atoms with Crippen LogP contribution in [0.15, 0.2) is 36.5 Å². The van der Waals surface area contributed by atoms with Crippen LogP contribution >= 0.6 is 0 Å². The second-order valence-corrected chi connectivity index (χ2v) is 7.96. The number of likely N-dealkylation sites (tertiary alicyclic amines) is 1. The van der Waals surface area contributed by atoms with Gasteiger partial charge in [-0.1, -0.05) is 6.07 Å². The van der Waals surface area contributed by atoms with Gasteiger partial charge in [0.25, 0.3) is 5.91 Å². The van der Waals surface area contributed by atoms with E-state index in [1.165, 1.54) is 12.1 Å². The van der Waals surface area contributed by atoms with Crippen molar-refractivity contribution in [3.05, 3.63) is 53.6 Å². The summed E-state index contributed by atoms with van der Waals surface area (Å²) in [5.41, 5.74) is -1.73. The van der Waals surface area contributed by atoms with E-state index in [9.17, 15) is 18.0 Å². The number of rotatable bonds is 6. The van der Waals surface area contributed by atoms with Crippen molar-refractivity contribution in [1.29, 1.82) is 0 Å². The average molecular weight is 473 g/mol. The van der Waals surface area contributed by atoms with Gasteiger partial charge in [-0.3, -0.25) is 14.5 Å². The second-order valence-electron chi connectivity index (χ2n) is 7.96. The van der Waals surface area contributed by atoms with E-state index in [0.717, 1.165) is 0 Å². The minimum atomic E-state index is -4.73. The van der Waals surface area contributed by atoms with Crippen LogP contribution < -0.4 is 4.74 Å². The van der Waals surface area contributed by atoms with Crippen molar-refractivity contribution in [2.45, 2.75) is 37.0 Å². The molecule has 1 amide bonds. The molecule has 8 nitrogen and oxygen atoms in total. The number of ether oxygens (including phenoxy) is 4. The number of alkyl halides is 3. The highest BCUT2D eigenvalue weighted by atomic mass is 19.4. The minimum Gasteiger partial charge on any atom is -0.489 e. The van der Waals surface area contributed by atoms with Crippen molar-refractivity contribution in [3.8, 4) is 5.75 Å². The molecule has 2 aromatic heterocycles. The maximum Gasteiger partial charge on any atom is 0.522 e. The first-order chi connectivity index (χ1) is 16.0. The predicted molar refractivity (Wildman–Crippen MR) is 113 cm³/mol. The number of amides is 1. The fraction of sp³-hybridized carbons (Fsp3) is 0.476. The third-order valence-electron chi connectivity index (χ3n) is 5.58. The SMILES string of the molecule is [B]C1([B])OC2CN(C(=O)c3ccc(OCCOC(F)(F)F)c(C)n3)CC[C@]2(c2ccccn2)O1. The highest BCUT2D eigenvalue weighted by molar-refractivity contribution is 6.38. The smallest absolute Gasteiger partial charge is 0.489 e. The number of aryl methyl sites for hydroxylation is 1. The Morgan fingerprint density at radius 3 is 2.74 bits per heavy atom. The number of nitrogens with zero attached hydrogens (tertiary/aromatic N) is 3. The molecule has 0 N–H and O–H groups in total. The maximum absolute atomic E-state index is 13.1. The van der Waals surface area contributed by atoms with E-state index in [0.29, 0.717) is 24.4 Å². The van der Waals surface area contributed by atoms with E-state index in [2.05, 4.69) is 14.7 Å². The molecule has 0 aliphatic carbocycles. The summed E-state index contributed by atoms with van der Waals surface area (Å²) < 4.78 is 56.7. The molecule has 4 rings (SSSR count). The van der Waals surface area contributed by atoms with E-state index >= 15 is 0 Å². The van der Waals surface area contributed by atoms with Gasteiger partial charge in [-0.25, -0.2) is 4.98 Å². The molecule has 2 saturated heterocycles. The molecule has 2 atom stereocenters. The molecule has 2 aromatic rings. The first-order valence-corrected chi connectivity index (χ1v) is 10.5. The maximum atomic E-state index is 13.1. The molecule has 176 valence electrons. The number of halogens is 3. The fourth-order valence-corrected chi connectivity index (χ4v) is 4.11. The summed E-state index contributed by atoms with van der Waals surface area (Å²) in [5, 5.41) is 0. The van der Waals surface area contributed by atoms with E-state index in [1.807, 2.05) is 6.07 Å². The summed E-state index contributed by atoms with van der Waals surface area (Å²) in [5.74, 6) is -0.112. The lowest BCUT2D eigenvalue weighted by Gasteiger charge is -2.41. The third kappa shape index (κ3) is 5.21. The fourth-order valence-electron chi connectivity index (χ4n) is 4.11. The van der Waals surface area contributed by atoms with Crippen molar-refractivity contribution in [1.82, 2.24) is 14.9 Å². The molecule has 1 unspecified atom stereocenters. The Labute approximate surface area is 196 Å². The molecule has 2 aliphatic rings. The number of fused-ring (bicyclic) bond motifs is 1. The van der Waals surface area contributed by atoms with E-state index in [1.54, 1.807) is 30.2 Å². The van der Waals surface area contributed by atoms with Gasteiger partial charge in [-0.05, 0) is 31.2 Å². The van der Waals surface area contributed by atoms with Crippen molar-refractivity contribution in [2.24, 2.45) is 0 Å². The van der Waals surface area contributed by atoms with Crippen LogP contribution in [0.2, 0.25) is 0 Å². The van der Waals surface area contributed by atoms with Gasteiger partial charge in [0.2, 0.25) is 0 Å². The standard InChI is InChI=1S/C21H20B2F3N3O5/c1-13-15(31-10-11-32-21(24,25)26)6-5-14(28-13)18(30)29-9-7-19(16-4-2-3-8-27-16)17(12-29)33-20(22,23)34-19/h2-6,8,17H,7,9-12H2,1H3/t17?,19-/m1/s1. The predicted octanol–water partition coefficient (Wildman–Crippen LogP) is 1.81. The molecule has 4 heterocycles. The first-order valence-electron chi connectivity index (χ1n) is 10.5. The lowest BCUT2D eigenvalue weighted by molar-refractivity contribution is -0.325. The van der Waals surface area contributed by atoms with E-state index in [-0.39, 0.29) is 30.5 Å². The number of aromatic nitrogens is 2. The van der Waals surface area contributed by atoms with Crippen LogP contribution in [0, 0.1) is 6.92 Å². The van der Waals surface area contributed by atoms with Crippen molar-refractivity contribution < 1.29 is 36.9 Å². The molecule has 0 saturated carbocycles. The summed E-state index contributed by atoms with van der Waals surface area (Å²) in [6.45, 7) is 1.04. The van der Waals surface area contributed by atoms with Crippen LogP contribution in [-0.2, 0) is 19.8 Å². The highest BCUT2D eigenvalue weighted by Crippen LogP contribution is 2.46. The average Bonchev–Trinajstić information content (AvgIpc) is 3.07. The van der Waals surface area contributed by atoms with Crippen LogP contribution in [0.1, 0.15) is 28.3 Å². The van der Waals surface area contributed by atoms with Crippen molar-refractivity contribution in [3.63, 3.8) is 0 Å². The molecule has 2 aliphatic heterocycles. The number of pyridine rings is 2. The van der Waals surface area contributed by atoms with Gasteiger partial charge in [0.15, 0.2) is 0 Å². The van der Waals surface area contributed by atoms with Crippen LogP contribution in [0.4, 0.5) is 13.2 Å². The third-order valence-corrected chi connectivity index (χ3v) is 5.58. The van der Waals surface area contributed by atoms with Crippen molar-refractivity contribution in [2.75, 3.05) is 26.3 Å². The minimum absolute atomic E-state index is 0.138. The topological polar surface area (TPSA) is 83.0 Å². The largest absolute Gasteiger partial charge is 0.522 e. The van der Waals surface area contributed by atoms with Crippen molar-refractivity contribution >= 4 is 21.6 Å². The summed E-state index contributed by atoms with van der Waals surface area (Å²) >= 11 is 0. The molecule has 4 radical (unpaired) electrons. The lowest BCUT2D eigenvalue weighted by atomic mass is 9.76. The van der Waals surface area contributed by atoms with Gasteiger partial charge in [0.1, 0.15) is 45.4 Å². The summed E-state index contributed by atoms with van der Waals surface area (Å²) in [7, 11) is 11.8.